The quantitative estimate of drug-likeness (QED) is 0.763. The Kier molecular flexibility index (Phi) is 6.59. The fraction of sp³-hybridized carbons (Fsp3) is 0.300. The van der Waals surface area contributed by atoms with Crippen LogP contribution < -0.4 is 10.6 Å². The van der Waals surface area contributed by atoms with Crippen LogP contribution in [0.25, 0.3) is 6.08 Å². The lowest BCUT2D eigenvalue weighted by molar-refractivity contribution is -0.116. The average molecular weight is 387 g/mol. The minimum Gasteiger partial charge on any atom is -0.352 e. The third-order valence-electron chi connectivity index (χ3n) is 4.50. The normalized spacial score (nSPS) is 15.1. The molecule has 1 aliphatic rings. The molecule has 0 unspecified atom stereocenters. The summed E-state index contributed by atoms with van der Waals surface area (Å²) >= 11 is 1.59. The SMILES string of the molecule is O=C(C=Cc1cccs1)NCC1CCN(C(=O)Nc2ccc(F)cc2)CC1. The fourth-order valence-electron chi connectivity index (χ4n) is 2.92. The average Bonchev–Trinajstić information content (AvgIpc) is 3.20. The van der Waals surface area contributed by atoms with Crippen molar-refractivity contribution in [3.8, 4) is 0 Å². The molecule has 1 aliphatic heterocycles. The summed E-state index contributed by atoms with van der Waals surface area (Å²) in [6.07, 6.45) is 5.04. The third kappa shape index (κ3) is 5.92. The Labute approximate surface area is 161 Å². The number of nitrogens with zero attached hydrogens (tertiary/aromatic N) is 1. The van der Waals surface area contributed by atoms with E-state index in [0.29, 0.717) is 31.2 Å². The Bertz CT molecular complexity index is 782. The van der Waals surface area contributed by atoms with E-state index in [1.54, 1.807) is 34.4 Å². The molecular formula is C20H22FN3O2S. The van der Waals surface area contributed by atoms with Gasteiger partial charge < -0.3 is 15.5 Å². The number of likely N-dealkylation sites (tertiary alicyclic amines) is 1. The molecule has 1 aromatic heterocycles. The molecule has 0 saturated carbocycles. The van der Waals surface area contributed by atoms with E-state index in [4.69, 9.17) is 0 Å². The molecule has 142 valence electrons. The number of amides is 3. The number of hydrogen-bond acceptors (Lipinski definition) is 3. The maximum absolute atomic E-state index is 12.9. The number of anilines is 1. The van der Waals surface area contributed by atoms with Crippen molar-refractivity contribution in [1.29, 1.82) is 0 Å². The lowest BCUT2D eigenvalue weighted by Crippen LogP contribution is -2.43. The van der Waals surface area contributed by atoms with Gasteiger partial charge in [-0.05, 0) is 60.5 Å². The number of piperidine rings is 1. The summed E-state index contributed by atoms with van der Waals surface area (Å²) in [5.74, 6) is -0.0695. The standard InChI is InChI=1S/C20H22FN3O2S/c21-16-3-5-17(6-4-16)23-20(26)24-11-9-15(10-12-24)14-22-19(25)8-7-18-2-1-13-27-18/h1-8,13,15H,9-12,14H2,(H,22,25)(H,23,26). The van der Waals surface area contributed by atoms with Crippen LogP contribution in [0.1, 0.15) is 17.7 Å². The highest BCUT2D eigenvalue weighted by Crippen LogP contribution is 2.18. The number of hydrogen-bond donors (Lipinski definition) is 2. The lowest BCUT2D eigenvalue weighted by Gasteiger charge is -2.32. The van der Waals surface area contributed by atoms with Crippen LogP contribution in [0.2, 0.25) is 0 Å². The zero-order valence-corrected chi connectivity index (χ0v) is 15.7. The Morgan fingerprint density at radius 2 is 1.93 bits per heavy atom. The highest BCUT2D eigenvalue weighted by atomic mass is 32.1. The van der Waals surface area contributed by atoms with Gasteiger partial charge in [-0.3, -0.25) is 4.79 Å². The van der Waals surface area contributed by atoms with E-state index in [9.17, 15) is 14.0 Å². The number of urea groups is 1. The fourth-order valence-corrected chi connectivity index (χ4v) is 3.54. The van der Waals surface area contributed by atoms with Crippen molar-refractivity contribution in [2.75, 3.05) is 25.0 Å². The van der Waals surface area contributed by atoms with Crippen LogP contribution in [0.3, 0.4) is 0 Å². The molecule has 0 radical (unpaired) electrons. The molecule has 1 aromatic carbocycles. The summed E-state index contributed by atoms with van der Waals surface area (Å²) in [4.78, 5) is 26.9. The molecule has 0 aliphatic carbocycles. The van der Waals surface area contributed by atoms with Gasteiger partial charge in [0.2, 0.25) is 5.91 Å². The van der Waals surface area contributed by atoms with Gasteiger partial charge in [-0.25, -0.2) is 9.18 Å². The highest BCUT2D eigenvalue weighted by Gasteiger charge is 2.23. The number of benzene rings is 1. The number of nitrogens with one attached hydrogen (secondary N) is 2. The molecule has 0 atom stereocenters. The van der Waals surface area contributed by atoms with E-state index in [0.717, 1.165) is 17.7 Å². The smallest absolute Gasteiger partial charge is 0.321 e. The largest absolute Gasteiger partial charge is 0.352 e. The number of rotatable bonds is 5. The summed E-state index contributed by atoms with van der Waals surface area (Å²) in [6, 6.07) is 9.44. The van der Waals surface area contributed by atoms with Crippen LogP contribution in [-0.2, 0) is 4.79 Å². The van der Waals surface area contributed by atoms with Crippen molar-refractivity contribution in [2.24, 2.45) is 5.92 Å². The van der Waals surface area contributed by atoms with Crippen LogP contribution in [0.5, 0.6) is 0 Å². The molecule has 5 nitrogen and oxygen atoms in total. The molecule has 1 fully saturated rings. The first-order valence-corrected chi connectivity index (χ1v) is 9.79. The van der Waals surface area contributed by atoms with Gasteiger partial charge in [0.05, 0.1) is 0 Å². The second-order valence-electron chi connectivity index (χ2n) is 6.46. The molecule has 3 amide bonds. The third-order valence-corrected chi connectivity index (χ3v) is 5.34. The molecule has 2 N–H and O–H groups in total. The van der Waals surface area contributed by atoms with E-state index in [1.807, 2.05) is 23.6 Å². The summed E-state index contributed by atoms with van der Waals surface area (Å²) in [7, 11) is 0. The summed E-state index contributed by atoms with van der Waals surface area (Å²) in [5, 5.41) is 7.67. The Hall–Kier alpha value is -2.67. The second kappa shape index (κ2) is 9.32. The van der Waals surface area contributed by atoms with Crippen LogP contribution >= 0.6 is 11.3 Å². The monoisotopic (exact) mass is 387 g/mol. The summed E-state index contributed by atoms with van der Waals surface area (Å²) in [5.41, 5.74) is 0.577. The van der Waals surface area contributed by atoms with Gasteiger partial charge in [0.25, 0.3) is 0 Å². The molecule has 0 spiro atoms. The minimum absolute atomic E-state index is 0.0973. The Morgan fingerprint density at radius 1 is 1.19 bits per heavy atom. The van der Waals surface area contributed by atoms with Crippen LogP contribution in [-0.4, -0.2) is 36.5 Å². The lowest BCUT2D eigenvalue weighted by atomic mass is 9.97. The van der Waals surface area contributed by atoms with Crippen molar-refractivity contribution >= 4 is 35.0 Å². The van der Waals surface area contributed by atoms with Gasteiger partial charge >= 0.3 is 6.03 Å². The zero-order chi connectivity index (χ0) is 19.1. The van der Waals surface area contributed by atoms with Crippen molar-refractivity contribution < 1.29 is 14.0 Å². The predicted molar refractivity (Wildman–Crippen MR) is 106 cm³/mol. The van der Waals surface area contributed by atoms with Gasteiger partial charge in [-0.15, -0.1) is 11.3 Å². The number of halogens is 1. The van der Waals surface area contributed by atoms with Crippen molar-refractivity contribution in [2.45, 2.75) is 12.8 Å². The minimum atomic E-state index is -0.332. The first kappa shape index (κ1) is 19.1. The number of carbonyl (C=O) groups is 2. The number of thiophene rings is 1. The van der Waals surface area contributed by atoms with Gasteiger partial charge in [0.15, 0.2) is 0 Å². The maximum Gasteiger partial charge on any atom is 0.321 e. The topological polar surface area (TPSA) is 61.4 Å². The molecule has 27 heavy (non-hydrogen) atoms. The highest BCUT2D eigenvalue weighted by molar-refractivity contribution is 7.10. The Balaban J connectivity index is 1.37. The van der Waals surface area contributed by atoms with Crippen molar-refractivity contribution in [3.05, 3.63) is 58.5 Å². The molecule has 2 aromatic rings. The molecule has 0 bridgehead atoms. The first-order valence-electron chi connectivity index (χ1n) is 8.91. The second-order valence-corrected chi connectivity index (χ2v) is 7.44. The van der Waals surface area contributed by atoms with E-state index in [-0.39, 0.29) is 17.8 Å². The number of carbonyl (C=O) groups excluding carboxylic acids is 2. The van der Waals surface area contributed by atoms with E-state index < -0.39 is 0 Å². The predicted octanol–water partition coefficient (Wildman–Crippen LogP) is 3.96. The van der Waals surface area contributed by atoms with Gasteiger partial charge in [0.1, 0.15) is 5.82 Å². The molecular weight excluding hydrogens is 365 g/mol. The van der Waals surface area contributed by atoms with E-state index >= 15 is 0 Å². The maximum atomic E-state index is 12.9. The van der Waals surface area contributed by atoms with Crippen LogP contribution in [0, 0.1) is 11.7 Å². The van der Waals surface area contributed by atoms with Crippen LogP contribution in [0.4, 0.5) is 14.9 Å². The van der Waals surface area contributed by atoms with E-state index in [1.165, 1.54) is 12.1 Å². The van der Waals surface area contributed by atoms with Crippen molar-refractivity contribution in [3.63, 3.8) is 0 Å². The molecule has 1 saturated heterocycles. The van der Waals surface area contributed by atoms with Crippen molar-refractivity contribution in [1.82, 2.24) is 10.2 Å². The summed E-state index contributed by atoms with van der Waals surface area (Å²) in [6.45, 7) is 1.89. The first-order chi connectivity index (χ1) is 13.1. The van der Waals surface area contributed by atoms with Crippen LogP contribution in [0.15, 0.2) is 47.9 Å². The molecule has 7 heteroatoms. The summed E-state index contributed by atoms with van der Waals surface area (Å²) < 4.78 is 12.9. The molecule has 2 heterocycles. The zero-order valence-electron chi connectivity index (χ0n) is 14.9. The molecule has 3 rings (SSSR count). The van der Waals surface area contributed by atoms with Gasteiger partial charge in [0, 0.05) is 36.3 Å². The van der Waals surface area contributed by atoms with Gasteiger partial charge in [-0.2, -0.15) is 0 Å². The van der Waals surface area contributed by atoms with Gasteiger partial charge in [-0.1, -0.05) is 6.07 Å². The Morgan fingerprint density at radius 3 is 2.59 bits per heavy atom. The van der Waals surface area contributed by atoms with E-state index in [2.05, 4.69) is 10.6 Å².